The molecule has 0 aromatic heterocycles. The summed E-state index contributed by atoms with van der Waals surface area (Å²) in [4.78, 5) is 0. The van der Waals surface area contributed by atoms with Gasteiger partial charge in [0.05, 0.1) is 16.1 Å². The summed E-state index contributed by atoms with van der Waals surface area (Å²) in [6.45, 7) is 14.4. The minimum atomic E-state index is -1.17. The zero-order valence-electron chi connectivity index (χ0n) is 14.1. The van der Waals surface area contributed by atoms with E-state index in [0.717, 1.165) is 8.58 Å². The first-order valence-electron chi connectivity index (χ1n) is 7.64. The van der Waals surface area contributed by atoms with Crippen LogP contribution < -0.4 is 21.0 Å². The van der Waals surface area contributed by atoms with Crippen LogP contribution in [0.15, 0.2) is 48.5 Å². The molecule has 2 aromatic rings. The number of hydrogen-bond donors (Lipinski definition) is 0. The highest BCUT2D eigenvalue weighted by atomic mass is 31.1. The molecule has 0 unspecified atom stereocenters. The van der Waals surface area contributed by atoms with E-state index in [1.54, 1.807) is 10.4 Å². The van der Waals surface area contributed by atoms with Crippen LogP contribution in [0.2, 0.25) is 39.3 Å². The van der Waals surface area contributed by atoms with Gasteiger partial charge in [-0.25, -0.2) is 0 Å². The summed E-state index contributed by atoms with van der Waals surface area (Å²) in [5.74, 6) is 0. The van der Waals surface area contributed by atoms with Gasteiger partial charge in [-0.05, 0) is 10.6 Å². The maximum Gasteiger partial charge on any atom is 0.0775 e. The molecular formula is C18H27PSi2. The Morgan fingerprint density at radius 1 is 0.524 bits per heavy atom. The lowest BCUT2D eigenvalue weighted by molar-refractivity contribution is 1.70. The SMILES string of the molecule is C[Si](C)(C)c1ccc(Pc2ccc([Si](C)(C)C)cc2)cc1. The van der Waals surface area contributed by atoms with Gasteiger partial charge in [0.2, 0.25) is 0 Å². The number of benzene rings is 2. The van der Waals surface area contributed by atoms with Crippen molar-refractivity contribution in [2.75, 3.05) is 0 Å². The molecule has 0 saturated heterocycles. The molecule has 0 aliphatic carbocycles. The summed E-state index contributed by atoms with van der Waals surface area (Å²) < 4.78 is 0. The van der Waals surface area contributed by atoms with E-state index in [4.69, 9.17) is 0 Å². The van der Waals surface area contributed by atoms with E-state index in [1.165, 1.54) is 10.6 Å². The maximum atomic E-state index is 2.40. The Kier molecular flexibility index (Phi) is 4.92. The van der Waals surface area contributed by atoms with Crippen LogP contribution in [0, 0.1) is 0 Å². The zero-order chi connectivity index (χ0) is 15.7. The van der Waals surface area contributed by atoms with Crippen molar-refractivity contribution in [3.63, 3.8) is 0 Å². The van der Waals surface area contributed by atoms with Crippen LogP contribution in [0.5, 0.6) is 0 Å². The number of rotatable bonds is 4. The fourth-order valence-electron chi connectivity index (χ4n) is 2.27. The monoisotopic (exact) mass is 330 g/mol. The van der Waals surface area contributed by atoms with Gasteiger partial charge in [0.25, 0.3) is 0 Å². The molecule has 0 fully saturated rings. The summed E-state index contributed by atoms with van der Waals surface area (Å²) in [5, 5.41) is 5.98. The second-order valence-corrected chi connectivity index (χ2v) is 19.3. The molecule has 2 aromatic carbocycles. The van der Waals surface area contributed by atoms with Gasteiger partial charge in [0, 0.05) is 0 Å². The summed E-state index contributed by atoms with van der Waals surface area (Å²) in [7, 11) is -1.57. The molecule has 0 spiro atoms. The Morgan fingerprint density at radius 2 is 0.810 bits per heavy atom. The first-order valence-corrected chi connectivity index (χ1v) is 15.6. The highest BCUT2D eigenvalue weighted by molar-refractivity contribution is 7.55. The summed E-state index contributed by atoms with van der Waals surface area (Å²) >= 11 is 0. The largest absolute Gasteiger partial charge is 0.0775 e. The van der Waals surface area contributed by atoms with Crippen molar-refractivity contribution in [1.29, 1.82) is 0 Å². The van der Waals surface area contributed by atoms with Gasteiger partial charge in [-0.15, -0.1) is 0 Å². The van der Waals surface area contributed by atoms with Crippen LogP contribution in [-0.4, -0.2) is 16.1 Å². The van der Waals surface area contributed by atoms with Crippen LogP contribution >= 0.6 is 8.58 Å². The highest BCUT2D eigenvalue weighted by Crippen LogP contribution is 2.11. The molecule has 0 bridgehead atoms. The first-order chi connectivity index (χ1) is 9.66. The van der Waals surface area contributed by atoms with Crippen molar-refractivity contribution in [2.24, 2.45) is 0 Å². The third kappa shape index (κ3) is 4.64. The van der Waals surface area contributed by atoms with Crippen molar-refractivity contribution >= 4 is 45.7 Å². The standard InChI is InChI=1S/C18H27PSi2/c1-20(2,3)17-11-7-15(8-12-17)19-16-9-13-18(14-10-16)21(4,5)6/h7-14,19H,1-6H3. The molecule has 0 amide bonds. The Hall–Kier alpha value is -0.696. The van der Waals surface area contributed by atoms with Crippen molar-refractivity contribution < 1.29 is 0 Å². The van der Waals surface area contributed by atoms with Gasteiger partial charge < -0.3 is 0 Å². The van der Waals surface area contributed by atoms with Crippen LogP contribution in [0.1, 0.15) is 0 Å². The molecule has 2 rings (SSSR count). The molecule has 0 N–H and O–H groups in total. The molecule has 3 heteroatoms. The number of hydrogen-bond acceptors (Lipinski definition) is 0. The Morgan fingerprint density at radius 3 is 1.05 bits per heavy atom. The summed E-state index contributed by atoms with van der Waals surface area (Å²) in [6.07, 6.45) is 0. The molecular weight excluding hydrogens is 303 g/mol. The smallest absolute Gasteiger partial charge is 0.0656 e. The van der Waals surface area contributed by atoms with Gasteiger partial charge >= 0.3 is 0 Å². The lowest BCUT2D eigenvalue weighted by Gasteiger charge is -2.17. The van der Waals surface area contributed by atoms with Gasteiger partial charge in [0.15, 0.2) is 0 Å². The van der Waals surface area contributed by atoms with Crippen LogP contribution in [0.4, 0.5) is 0 Å². The first kappa shape index (κ1) is 16.7. The Labute approximate surface area is 133 Å². The summed E-state index contributed by atoms with van der Waals surface area (Å²) in [5.41, 5.74) is 0. The molecule has 112 valence electrons. The van der Waals surface area contributed by atoms with E-state index in [9.17, 15) is 0 Å². The highest BCUT2D eigenvalue weighted by Gasteiger charge is 2.16. The van der Waals surface area contributed by atoms with Crippen LogP contribution in [0.3, 0.4) is 0 Å². The van der Waals surface area contributed by atoms with Crippen LogP contribution in [-0.2, 0) is 0 Å². The third-order valence-electron chi connectivity index (χ3n) is 3.79. The molecule has 21 heavy (non-hydrogen) atoms. The molecule has 0 atom stereocenters. The van der Waals surface area contributed by atoms with Crippen molar-refractivity contribution in [3.8, 4) is 0 Å². The maximum absolute atomic E-state index is 2.40. The minimum Gasteiger partial charge on any atom is -0.0656 e. The molecule has 0 radical (unpaired) electrons. The lowest BCUT2D eigenvalue weighted by Crippen LogP contribution is -2.38. The van der Waals surface area contributed by atoms with Gasteiger partial charge in [-0.2, -0.15) is 0 Å². The normalized spacial score (nSPS) is 12.5. The van der Waals surface area contributed by atoms with E-state index in [-0.39, 0.29) is 0 Å². The molecule has 0 heterocycles. The predicted molar refractivity (Wildman–Crippen MR) is 106 cm³/mol. The Balaban J connectivity index is 2.12. The third-order valence-corrected chi connectivity index (χ3v) is 9.17. The molecule has 0 aliphatic rings. The molecule has 0 saturated carbocycles. The van der Waals surface area contributed by atoms with Crippen molar-refractivity contribution in [3.05, 3.63) is 48.5 Å². The van der Waals surface area contributed by atoms with E-state index in [1.807, 2.05) is 0 Å². The predicted octanol–water partition coefficient (Wildman–Crippen LogP) is 3.41. The van der Waals surface area contributed by atoms with E-state index in [2.05, 4.69) is 87.8 Å². The average Bonchev–Trinajstić information content (AvgIpc) is 2.38. The van der Waals surface area contributed by atoms with Gasteiger partial charge in [-0.1, -0.05) is 107 Å². The lowest BCUT2D eigenvalue weighted by atomic mass is 10.4. The molecule has 0 aliphatic heterocycles. The minimum absolute atomic E-state index is 0.767. The second kappa shape index (κ2) is 6.20. The fourth-order valence-corrected chi connectivity index (χ4v) is 5.61. The van der Waals surface area contributed by atoms with Crippen LogP contribution in [0.25, 0.3) is 0 Å². The topological polar surface area (TPSA) is 0 Å². The van der Waals surface area contributed by atoms with Crippen molar-refractivity contribution in [1.82, 2.24) is 0 Å². The van der Waals surface area contributed by atoms with Gasteiger partial charge in [-0.3, -0.25) is 0 Å². The summed E-state index contributed by atoms with van der Waals surface area (Å²) in [6, 6.07) is 18.6. The van der Waals surface area contributed by atoms with E-state index >= 15 is 0 Å². The fraction of sp³-hybridized carbons (Fsp3) is 0.333. The molecule has 0 nitrogen and oxygen atoms in total. The quantitative estimate of drug-likeness (QED) is 0.595. The average molecular weight is 331 g/mol. The van der Waals surface area contributed by atoms with Crippen molar-refractivity contribution in [2.45, 2.75) is 39.3 Å². The second-order valence-electron chi connectivity index (χ2n) is 7.78. The van der Waals surface area contributed by atoms with Gasteiger partial charge in [0.1, 0.15) is 0 Å². The Bertz CT molecular complexity index is 532. The zero-order valence-corrected chi connectivity index (χ0v) is 17.1. The van der Waals surface area contributed by atoms with E-state index in [0.29, 0.717) is 0 Å². The van der Waals surface area contributed by atoms with E-state index < -0.39 is 16.1 Å².